The minimum Gasteiger partial charge on any atom is -0.369 e. The van der Waals surface area contributed by atoms with E-state index < -0.39 is 10.0 Å². The first-order valence-electron chi connectivity index (χ1n) is 11.7. The second-order valence-electron chi connectivity index (χ2n) is 9.08. The molecule has 0 aliphatic carbocycles. The Kier molecular flexibility index (Phi) is 8.67. The van der Waals surface area contributed by atoms with Gasteiger partial charge in [-0.15, -0.1) is 0 Å². The zero-order valence-corrected chi connectivity index (χ0v) is 21.2. The summed E-state index contributed by atoms with van der Waals surface area (Å²) in [4.78, 5) is 17.1. The molecule has 1 aliphatic heterocycles. The zero-order valence-electron chi connectivity index (χ0n) is 20.4. The zero-order chi connectivity index (χ0) is 24.9. The van der Waals surface area contributed by atoms with Crippen molar-refractivity contribution >= 4 is 21.6 Å². The summed E-state index contributed by atoms with van der Waals surface area (Å²) in [6.07, 6.45) is 0. The van der Waals surface area contributed by atoms with Crippen LogP contribution in [0.2, 0.25) is 0 Å². The van der Waals surface area contributed by atoms with Gasteiger partial charge in [0.05, 0.1) is 4.90 Å². The van der Waals surface area contributed by atoms with Crippen molar-refractivity contribution < 1.29 is 17.6 Å². The molecule has 1 aliphatic rings. The SMILES string of the molecule is CC(C)N(CCNC(=O)c1cccc(S(=O)(=O)N2CCN(c3ccc(F)cc3)CC2)c1)C(C)C. The topological polar surface area (TPSA) is 73.0 Å². The summed E-state index contributed by atoms with van der Waals surface area (Å²) in [7, 11) is -3.73. The molecular weight excluding hydrogens is 455 g/mol. The van der Waals surface area contributed by atoms with Gasteiger partial charge in [0.1, 0.15) is 5.82 Å². The molecule has 0 radical (unpaired) electrons. The lowest BCUT2D eigenvalue weighted by molar-refractivity contribution is 0.0939. The Hall–Kier alpha value is -2.49. The number of carbonyl (C=O) groups is 1. The van der Waals surface area contributed by atoms with Gasteiger partial charge in [-0.05, 0) is 70.2 Å². The number of anilines is 1. The Bertz CT molecular complexity index is 1060. The highest BCUT2D eigenvalue weighted by Crippen LogP contribution is 2.22. The van der Waals surface area contributed by atoms with Gasteiger partial charge in [-0.3, -0.25) is 9.69 Å². The van der Waals surface area contributed by atoms with E-state index in [-0.39, 0.29) is 16.6 Å². The maximum atomic E-state index is 13.2. The predicted molar refractivity (Wildman–Crippen MR) is 133 cm³/mol. The summed E-state index contributed by atoms with van der Waals surface area (Å²) < 4.78 is 41.1. The van der Waals surface area contributed by atoms with Crippen LogP contribution in [-0.2, 0) is 10.0 Å². The Labute approximate surface area is 202 Å². The van der Waals surface area contributed by atoms with Gasteiger partial charge < -0.3 is 10.2 Å². The number of piperazine rings is 1. The predicted octanol–water partition coefficient (Wildman–Crippen LogP) is 3.19. The van der Waals surface area contributed by atoms with Crippen LogP contribution in [0.3, 0.4) is 0 Å². The van der Waals surface area contributed by atoms with Crippen molar-refractivity contribution in [1.82, 2.24) is 14.5 Å². The number of hydrogen-bond acceptors (Lipinski definition) is 5. The molecule has 0 unspecified atom stereocenters. The number of hydrogen-bond donors (Lipinski definition) is 1. The van der Waals surface area contributed by atoms with Gasteiger partial charge in [0.25, 0.3) is 5.91 Å². The molecule has 9 heteroatoms. The van der Waals surface area contributed by atoms with Crippen molar-refractivity contribution in [1.29, 1.82) is 0 Å². The lowest BCUT2D eigenvalue weighted by atomic mass is 10.2. The van der Waals surface area contributed by atoms with Crippen LogP contribution >= 0.6 is 0 Å². The molecule has 1 N–H and O–H groups in total. The van der Waals surface area contributed by atoms with Gasteiger partial charge >= 0.3 is 0 Å². The fraction of sp³-hybridized carbons (Fsp3) is 0.480. The normalized spacial score (nSPS) is 15.4. The average molecular weight is 491 g/mol. The van der Waals surface area contributed by atoms with E-state index in [4.69, 9.17) is 0 Å². The molecule has 2 aromatic rings. The molecule has 1 amide bonds. The first-order valence-corrected chi connectivity index (χ1v) is 13.2. The summed E-state index contributed by atoms with van der Waals surface area (Å²) in [5.41, 5.74) is 1.19. The molecule has 2 aromatic carbocycles. The number of carbonyl (C=O) groups excluding carboxylic acids is 1. The quantitative estimate of drug-likeness (QED) is 0.585. The van der Waals surface area contributed by atoms with E-state index in [1.807, 2.05) is 4.90 Å². The Morgan fingerprint density at radius 2 is 1.62 bits per heavy atom. The van der Waals surface area contributed by atoms with Gasteiger partial charge in [-0.1, -0.05) is 6.07 Å². The molecule has 7 nitrogen and oxygen atoms in total. The number of halogens is 1. The molecule has 1 saturated heterocycles. The molecule has 186 valence electrons. The number of nitrogens with zero attached hydrogens (tertiary/aromatic N) is 3. The van der Waals surface area contributed by atoms with Gasteiger partial charge in [0, 0.05) is 62.6 Å². The van der Waals surface area contributed by atoms with Gasteiger partial charge in [-0.2, -0.15) is 4.31 Å². The smallest absolute Gasteiger partial charge is 0.251 e. The molecular formula is C25H35FN4O3S. The lowest BCUT2D eigenvalue weighted by Gasteiger charge is -2.35. The van der Waals surface area contributed by atoms with Crippen LogP contribution in [0.1, 0.15) is 38.1 Å². The molecule has 0 atom stereocenters. The largest absolute Gasteiger partial charge is 0.369 e. The number of sulfonamides is 1. The Morgan fingerprint density at radius 1 is 1.00 bits per heavy atom. The van der Waals surface area contributed by atoms with Crippen LogP contribution in [0.5, 0.6) is 0 Å². The third-order valence-corrected chi connectivity index (χ3v) is 8.04. The first kappa shape index (κ1) is 26.1. The molecule has 3 rings (SSSR count). The molecule has 0 bridgehead atoms. The standard InChI is InChI=1S/C25H35FN4O3S/c1-19(2)30(20(3)4)13-12-27-25(31)21-6-5-7-24(18-21)34(32,33)29-16-14-28(15-17-29)23-10-8-22(26)9-11-23/h5-11,18-20H,12-17H2,1-4H3,(H,27,31). The van der Waals surface area contributed by atoms with Crippen LogP contribution in [0.4, 0.5) is 10.1 Å². The third-order valence-electron chi connectivity index (χ3n) is 6.15. The van der Waals surface area contributed by atoms with E-state index in [2.05, 4.69) is 37.9 Å². The van der Waals surface area contributed by atoms with E-state index >= 15 is 0 Å². The number of rotatable bonds is 9. The first-order chi connectivity index (χ1) is 16.1. The lowest BCUT2D eigenvalue weighted by Crippen LogP contribution is -2.48. The Balaban J connectivity index is 1.61. The van der Waals surface area contributed by atoms with Gasteiger partial charge in [0.15, 0.2) is 0 Å². The number of nitrogens with one attached hydrogen (secondary N) is 1. The molecule has 1 fully saturated rings. The van der Waals surface area contributed by atoms with Gasteiger partial charge in [0.2, 0.25) is 10.0 Å². The second-order valence-corrected chi connectivity index (χ2v) is 11.0. The second kappa shape index (κ2) is 11.3. The number of amides is 1. The highest BCUT2D eigenvalue weighted by molar-refractivity contribution is 7.89. The molecule has 0 aromatic heterocycles. The van der Waals surface area contributed by atoms with Crippen molar-refractivity contribution in [3.05, 3.63) is 59.9 Å². The third kappa shape index (κ3) is 6.34. The minimum absolute atomic E-state index is 0.112. The van der Waals surface area contributed by atoms with Crippen LogP contribution in [0.25, 0.3) is 0 Å². The van der Waals surface area contributed by atoms with Crippen molar-refractivity contribution in [3.63, 3.8) is 0 Å². The van der Waals surface area contributed by atoms with E-state index in [1.54, 1.807) is 24.3 Å². The van der Waals surface area contributed by atoms with Gasteiger partial charge in [-0.25, -0.2) is 12.8 Å². The van der Waals surface area contributed by atoms with E-state index in [0.717, 1.165) is 12.2 Å². The maximum Gasteiger partial charge on any atom is 0.251 e. The summed E-state index contributed by atoms with van der Waals surface area (Å²) in [6.45, 7) is 11.3. The molecule has 0 saturated carbocycles. The fourth-order valence-electron chi connectivity index (χ4n) is 4.30. The van der Waals surface area contributed by atoms with Crippen LogP contribution in [0.15, 0.2) is 53.4 Å². The molecule has 34 heavy (non-hydrogen) atoms. The summed E-state index contributed by atoms with van der Waals surface area (Å²) >= 11 is 0. The monoisotopic (exact) mass is 490 g/mol. The highest BCUT2D eigenvalue weighted by atomic mass is 32.2. The number of benzene rings is 2. The summed E-state index contributed by atoms with van der Waals surface area (Å²) in [6, 6.07) is 13.1. The van der Waals surface area contributed by atoms with Crippen molar-refractivity contribution in [3.8, 4) is 0 Å². The van der Waals surface area contributed by atoms with Crippen molar-refractivity contribution in [2.45, 2.75) is 44.7 Å². The average Bonchev–Trinajstić information content (AvgIpc) is 2.82. The fourth-order valence-corrected chi connectivity index (χ4v) is 5.77. The van der Waals surface area contributed by atoms with Crippen LogP contribution < -0.4 is 10.2 Å². The summed E-state index contributed by atoms with van der Waals surface area (Å²) in [5, 5.41) is 2.90. The van der Waals surface area contributed by atoms with E-state index in [0.29, 0.717) is 50.4 Å². The van der Waals surface area contributed by atoms with Crippen LogP contribution in [-0.4, -0.2) is 74.9 Å². The summed E-state index contributed by atoms with van der Waals surface area (Å²) in [5.74, 6) is -0.586. The molecule has 0 spiro atoms. The van der Waals surface area contributed by atoms with E-state index in [9.17, 15) is 17.6 Å². The van der Waals surface area contributed by atoms with Crippen molar-refractivity contribution in [2.24, 2.45) is 0 Å². The van der Waals surface area contributed by atoms with Crippen LogP contribution in [0, 0.1) is 5.82 Å². The Morgan fingerprint density at radius 3 is 2.21 bits per heavy atom. The van der Waals surface area contributed by atoms with Crippen molar-refractivity contribution in [2.75, 3.05) is 44.2 Å². The molecule has 1 heterocycles. The highest BCUT2D eigenvalue weighted by Gasteiger charge is 2.29. The maximum absolute atomic E-state index is 13.2. The van der Waals surface area contributed by atoms with E-state index in [1.165, 1.54) is 28.6 Å². The minimum atomic E-state index is -3.73.